The lowest BCUT2D eigenvalue weighted by atomic mass is 9.75. The Labute approximate surface area is 109 Å². The molecule has 1 aliphatic rings. The lowest BCUT2D eigenvalue weighted by molar-refractivity contribution is 0.268. The zero-order chi connectivity index (χ0) is 11.9. The van der Waals surface area contributed by atoms with Gasteiger partial charge in [0.25, 0.3) is 0 Å². The van der Waals surface area contributed by atoms with Crippen LogP contribution in [-0.2, 0) is 0 Å². The van der Waals surface area contributed by atoms with Gasteiger partial charge in [-0.25, -0.2) is 4.52 Å². The molecule has 0 amide bonds. The minimum absolute atomic E-state index is 0.238. The summed E-state index contributed by atoms with van der Waals surface area (Å²) >= 11 is 3.43. The molecular formula is C12H15BrN4. The van der Waals surface area contributed by atoms with E-state index in [0.29, 0.717) is 0 Å². The Morgan fingerprint density at radius 3 is 2.94 bits per heavy atom. The summed E-state index contributed by atoms with van der Waals surface area (Å²) < 4.78 is 2.81. The molecule has 0 atom stereocenters. The topological polar surface area (TPSA) is 42.2 Å². The molecule has 0 spiro atoms. The van der Waals surface area contributed by atoms with Crippen molar-refractivity contribution in [1.29, 1.82) is 0 Å². The van der Waals surface area contributed by atoms with Crippen LogP contribution in [0.1, 0.15) is 32.6 Å². The molecule has 1 fully saturated rings. The molecule has 1 aliphatic carbocycles. The molecule has 90 valence electrons. The average Bonchev–Trinajstić information content (AvgIpc) is 2.65. The summed E-state index contributed by atoms with van der Waals surface area (Å²) in [6.45, 7) is 2.22. The zero-order valence-corrected chi connectivity index (χ0v) is 11.4. The maximum Gasteiger partial charge on any atom is 0.243 e. The Balaban J connectivity index is 1.90. The van der Waals surface area contributed by atoms with Crippen LogP contribution in [0, 0.1) is 0 Å². The summed E-state index contributed by atoms with van der Waals surface area (Å²) in [6.07, 6.45) is 6.81. The predicted octanol–water partition coefficient (Wildman–Crippen LogP) is 3.24. The van der Waals surface area contributed by atoms with Gasteiger partial charge in [-0.05, 0) is 53.7 Å². The van der Waals surface area contributed by atoms with E-state index in [2.05, 4.69) is 38.3 Å². The van der Waals surface area contributed by atoms with Crippen molar-refractivity contribution in [3.8, 4) is 0 Å². The lowest BCUT2D eigenvalue weighted by Crippen LogP contribution is -2.44. The molecule has 5 heteroatoms. The number of anilines is 1. The van der Waals surface area contributed by atoms with E-state index >= 15 is 0 Å². The van der Waals surface area contributed by atoms with Crippen molar-refractivity contribution in [1.82, 2.24) is 14.6 Å². The van der Waals surface area contributed by atoms with E-state index in [1.807, 2.05) is 18.3 Å². The molecule has 1 N–H and O–H groups in total. The number of hydrogen-bond donors (Lipinski definition) is 1. The third-order valence-corrected chi connectivity index (χ3v) is 4.13. The molecule has 0 aromatic carbocycles. The van der Waals surface area contributed by atoms with Crippen LogP contribution in [0.25, 0.3) is 5.65 Å². The summed E-state index contributed by atoms with van der Waals surface area (Å²) in [4.78, 5) is 4.49. The maximum absolute atomic E-state index is 4.49. The molecule has 1 saturated carbocycles. The second-order valence-electron chi connectivity index (χ2n) is 4.70. The predicted molar refractivity (Wildman–Crippen MR) is 71.2 cm³/mol. The first-order valence-corrected chi connectivity index (χ1v) is 6.80. The van der Waals surface area contributed by atoms with Crippen molar-refractivity contribution >= 4 is 27.5 Å². The number of nitrogens with zero attached hydrogens (tertiary/aromatic N) is 3. The van der Waals surface area contributed by atoms with Crippen LogP contribution in [0.3, 0.4) is 0 Å². The van der Waals surface area contributed by atoms with Gasteiger partial charge in [0.15, 0.2) is 5.65 Å². The van der Waals surface area contributed by atoms with Gasteiger partial charge in [0.1, 0.15) is 0 Å². The molecule has 0 saturated heterocycles. The van der Waals surface area contributed by atoms with Crippen molar-refractivity contribution in [3.63, 3.8) is 0 Å². The van der Waals surface area contributed by atoms with Crippen LogP contribution in [0.4, 0.5) is 5.95 Å². The van der Waals surface area contributed by atoms with Gasteiger partial charge < -0.3 is 5.32 Å². The molecule has 3 rings (SSSR count). The smallest absolute Gasteiger partial charge is 0.243 e. The van der Waals surface area contributed by atoms with Crippen molar-refractivity contribution in [2.45, 2.75) is 38.1 Å². The van der Waals surface area contributed by atoms with Crippen molar-refractivity contribution in [2.24, 2.45) is 0 Å². The fraction of sp³-hybridized carbons (Fsp3) is 0.500. The van der Waals surface area contributed by atoms with Crippen LogP contribution >= 0.6 is 15.9 Å². The highest BCUT2D eigenvalue weighted by atomic mass is 79.9. The van der Waals surface area contributed by atoms with Gasteiger partial charge in [0.2, 0.25) is 5.95 Å². The quantitative estimate of drug-likeness (QED) is 0.945. The number of fused-ring (bicyclic) bond motifs is 1. The highest BCUT2D eigenvalue weighted by molar-refractivity contribution is 9.10. The van der Waals surface area contributed by atoms with Crippen molar-refractivity contribution in [3.05, 3.63) is 22.8 Å². The molecule has 17 heavy (non-hydrogen) atoms. The molecule has 0 aliphatic heterocycles. The molecule has 2 aromatic heterocycles. The van der Waals surface area contributed by atoms with Gasteiger partial charge in [-0.3, -0.25) is 0 Å². The lowest BCUT2D eigenvalue weighted by Gasteiger charge is -2.41. The fourth-order valence-corrected chi connectivity index (χ4v) is 2.64. The molecule has 2 heterocycles. The standard InChI is InChI=1S/C12H15BrN4/c1-2-12(6-3-7-12)15-11-14-10-5-4-9(13)8-17(10)16-11/h4-5,8H,2-3,6-7H2,1H3,(H,15,16). The van der Waals surface area contributed by atoms with E-state index in [1.54, 1.807) is 4.52 Å². The summed E-state index contributed by atoms with van der Waals surface area (Å²) in [5.74, 6) is 0.740. The summed E-state index contributed by atoms with van der Waals surface area (Å²) in [5, 5.41) is 7.94. The molecule has 4 nitrogen and oxygen atoms in total. The number of pyridine rings is 1. The summed E-state index contributed by atoms with van der Waals surface area (Å²) in [6, 6.07) is 3.94. The van der Waals surface area contributed by atoms with Crippen molar-refractivity contribution in [2.75, 3.05) is 5.32 Å². The third-order valence-electron chi connectivity index (χ3n) is 3.66. The molecule has 0 radical (unpaired) electrons. The Morgan fingerprint density at radius 1 is 1.47 bits per heavy atom. The molecule has 0 bridgehead atoms. The van der Waals surface area contributed by atoms with Crippen molar-refractivity contribution < 1.29 is 0 Å². The van der Waals surface area contributed by atoms with Crippen LogP contribution in [-0.4, -0.2) is 20.1 Å². The van der Waals surface area contributed by atoms with Gasteiger partial charge in [-0.1, -0.05) is 6.92 Å². The van der Waals surface area contributed by atoms with E-state index in [1.165, 1.54) is 19.3 Å². The Morgan fingerprint density at radius 2 is 2.29 bits per heavy atom. The van der Waals surface area contributed by atoms with Gasteiger partial charge in [-0.2, -0.15) is 4.98 Å². The highest BCUT2D eigenvalue weighted by Gasteiger charge is 2.35. The number of nitrogens with one attached hydrogen (secondary N) is 1. The normalized spacial score (nSPS) is 18.0. The number of halogens is 1. The second-order valence-corrected chi connectivity index (χ2v) is 5.61. The SMILES string of the molecule is CCC1(Nc2nc3ccc(Br)cn3n2)CCC1. The maximum atomic E-state index is 4.49. The first-order chi connectivity index (χ1) is 8.21. The van der Waals surface area contributed by atoms with E-state index in [-0.39, 0.29) is 5.54 Å². The highest BCUT2D eigenvalue weighted by Crippen LogP contribution is 2.37. The van der Waals surface area contributed by atoms with E-state index in [9.17, 15) is 0 Å². The van der Waals surface area contributed by atoms with Gasteiger partial charge in [-0.15, -0.1) is 5.10 Å². The molecular weight excluding hydrogens is 280 g/mol. The second kappa shape index (κ2) is 3.98. The van der Waals surface area contributed by atoms with E-state index in [4.69, 9.17) is 0 Å². The van der Waals surface area contributed by atoms with Crippen LogP contribution < -0.4 is 5.32 Å². The van der Waals surface area contributed by atoms with Crippen LogP contribution in [0.15, 0.2) is 22.8 Å². The first-order valence-electron chi connectivity index (χ1n) is 6.01. The van der Waals surface area contributed by atoms with E-state index in [0.717, 1.165) is 22.5 Å². The Hall–Kier alpha value is -1.10. The molecule has 2 aromatic rings. The van der Waals surface area contributed by atoms with Crippen LogP contribution in [0.5, 0.6) is 0 Å². The largest absolute Gasteiger partial charge is 0.347 e. The summed E-state index contributed by atoms with van der Waals surface area (Å²) in [7, 11) is 0. The Bertz CT molecular complexity index is 539. The fourth-order valence-electron chi connectivity index (χ4n) is 2.32. The first kappa shape index (κ1) is 11.0. The minimum atomic E-state index is 0.238. The Kier molecular flexibility index (Phi) is 2.58. The van der Waals surface area contributed by atoms with Gasteiger partial charge in [0, 0.05) is 16.2 Å². The van der Waals surface area contributed by atoms with Gasteiger partial charge >= 0.3 is 0 Å². The summed E-state index contributed by atoms with van der Waals surface area (Å²) in [5.41, 5.74) is 1.11. The average molecular weight is 295 g/mol. The zero-order valence-electron chi connectivity index (χ0n) is 9.78. The number of rotatable bonds is 3. The molecule has 0 unspecified atom stereocenters. The number of aromatic nitrogens is 3. The van der Waals surface area contributed by atoms with Gasteiger partial charge in [0.05, 0.1) is 0 Å². The van der Waals surface area contributed by atoms with E-state index < -0.39 is 0 Å². The third kappa shape index (κ3) is 1.92. The van der Waals surface area contributed by atoms with Crippen LogP contribution in [0.2, 0.25) is 0 Å². The monoisotopic (exact) mass is 294 g/mol. The minimum Gasteiger partial charge on any atom is -0.347 e. The number of hydrogen-bond acceptors (Lipinski definition) is 3.